The van der Waals surface area contributed by atoms with Crippen LogP contribution in [0.5, 0.6) is 0 Å². The number of amides is 1. The van der Waals surface area contributed by atoms with Gasteiger partial charge in [-0.05, 0) is 38.8 Å². The lowest BCUT2D eigenvalue weighted by Gasteiger charge is -2.23. The molecule has 6 nitrogen and oxygen atoms in total. The zero-order chi connectivity index (χ0) is 15.4. The molecular weight excluding hydrogens is 270 g/mol. The van der Waals surface area contributed by atoms with Gasteiger partial charge >= 0.3 is 5.97 Å². The molecule has 1 aliphatic carbocycles. The van der Waals surface area contributed by atoms with E-state index in [1.165, 1.54) is 0 Å². The van der Waals surface area contributed by atoms with Gasteiger partial charge in [-0.1, -0.05) is 0 Å². The van der Waals surface area contributed by atoms with Gasteiger partial charge in [0.1, 0.15) is 12.2 Å². The van der Waals surface area contributed by atoms with Crippen LogP contribution in [0.3, 0.4) is 0 Å². The second kappa shape index (κ2) is 6.56. The van der Waals surface area contributed by atoms with E-state index in [1.54, 1.807) is 23.2 Å². The summed E-state index contributed by atoms with van der Waals surface area (Å²) < 4.78 is 0. The lowest BCUT2D eigenvalue weighted by atomic mass is 10.2. The monoisotopic (exact) mass is 291 g/mol. The van der Waals surface area contributed by atoms with E-state index in [-0.39, 0.29) is 18.5 Å². The Morgan fingerprint density at radius 3 is 2.52 bits per heavy atom. The zero-order valence-corrected chi connectivity index (χ0v) is 12.5. The highest BCUT2D eigenvalue weighted by Gasteiger charge is 2.31. The van der Waals surface area contributed by atoms with Gasteiger partial charge < -0.3 is 14.9 Å². The molecule has 1 aromatic rings. The molecule has 1 saturated carbocycles. The molecule has 0 unspecified atom stereocenters. The molecule has 1 N–H and O–H groups in total. The molecule has 1 aromatic heterocycles. The van der Waals surface area contributed by atoms with Crippen LogP contribution in [0.25, 0.3) is 0 Å². The van der Waals surface area contributed by atoms with Gasteiger partial charge in [0.15, 0.2) is 0 Å². The Balaban J connectivity index is 2.23. The molecule has 1 amide bonds. The molecule has 114 valence electrons. The highest BCUT2D eigenvalue weighted by Crippen LogP contribution is 2.31. The first kappa shape index (κ1) is 15.3. The van der Waals surface area contributed by atoms with E-state index in [1.807, 2.05) is 18.7 Å². The maximum atomic E-state index is 12.3. The molecule has 0 radical (unpaired) electrons. The molecule has 1 fully saturated rings. The quantitative estimate of drug-likeness (QED) is 0.826. The number of nitrogens with zero attached hydrogens (tertiary/aromatic N) is 3. The Labute approximate surface area is 124 Å². The number of rotatable bonds is 7. The van der Waals surface area contributed by atoms with E-state index in [4.69, 9.17) is 5.11 Å². The second-order valence-electron chi connectivity index (χ2n) is 5.13. The van der Waals surface area contributed by atoms with Crippen LogP contribution in [-0.2, 0) is 4.79 Å². The Kier molecular flexibility index (Phi) is 4.77. The Bertz CT molecular complexity index is 525. The third-order valence-electron chi connectivity index (χ3n) is 3.64. The number of aliphatic carboxylic acids is 1. The van der Waals surface area contributed by atoms with Crippen molar-refractivity contribution in [2.75, 3.05) is 24.5 Å². The number of pyridine rings is 1. The summed E-state index contributed by atoms with van der Waals surface area (Å²) in [4.78, 5) is 31.0. The lowest BCUT2D eigenvalue weighted by molar-refractivity contribution is -0.135. The van der Waals surface area contributed by atoms with Crippen LogP contribution in [0.2, 0.25) is 0 Å². The van der Waals surface area contributed by atoms with Crippen LogP contribution in [0.1, 0.15) is 37.2 Å². The third kappa shape index (κ3) is 3.71. The van der Waals surface area contributed by atoms with Gasteiger partial charge in [-0.2, -0.15) is 0 Å². The molecule has 1 aliphatic rings. The topological polar surface area (TPSA) is 73.7 Å². The first-order valence-corrected chi connectivity index (χ1v) is 7.30. The van der Waals surface area contributed by atoms with Crippen LogP contribution in [-0.4, -0.2) is 52.5 Å². The molecule has 1 heterocycles. The number of aromatic nitrogens is 1. The van der Waals surface area contributed by atoms with Crippen molar-refractivity contribution in [1.29, 1.82) is 0 Å². The standard InChI is InChI=1S/C15H21N3O3/c1-3-17(4-2)15(21)13-9-12(7-8-16-13)18(10-14(19)20)11-5-6-11/h7-9,11H,3-6,10H2,1-2H3,(H,19,20). The number of carboxylic acids is 1. The SMILES string of the molecule is CCN(CC)C(=O)c1cc(N(CC(=O)O)C2CC2)ccn1. The van der Waals surface area contributed by atoms with Crippen molar-refractivity contribution in [3.63, 3.8) is 0 Å². The fourth-order valence-electron chi connectivity index (χ4n) is 2.35. The highest BCUT2D eigenvalue weighted by molar-refractivity contribution is 5.93. The molecule has 0 aliphatic heterocycles. The van der Waals surface area contributed by atoms with E-state index in [2.05, 4.69) is 4.98 Å². The summed E-state index contributed by atoms with van der Waals surface area (Å²) in [5.41, 5.74) is 1.12. The van der Waals surface area contributed by atoms with E-state index < -0.39 is 5.97 Å². The van der Waals surface area contributed by atoms with Crippen LogP contribution in [0.4, 0.5) is 5.69 Å². The zero-order valence-electron chi connectivity index (χ0n) is 12.5. The number of carbonyl (C=O) groups excluding carboxylic acids is 1. The van der Waals surface area contributed by atoms with Crippen molar-refractivity contribution in [2.45, 2.75) is 32.7 Å². The van der Waals surface area contributed by atoms with Gasteiger partial charge in [0.25, 0.3) is 5.91 Å². The van der Waals surface area contributed by atoms with Crippen LogP contribution in [0.15, 0.2) is 18.3 Å². The molecule has 6 heteroatoms. The normalized spacial score (nSPS) is 13.8. The molecule has 0 aromatic carbocycles. The fourth-order valence-corrected chi connectivity index (χ4v) is 2.35. The molecular formula is C15H21N3O3. The average Bonchev–Trinajstić information content (AvgIpc) is 3.30. The maximum absolute atomic E-state index is 12.3. The predicted octanol–water partition coefficient (Wildman–Crippen LogP) is 1.62. The summed E-state index contributed by atoms with van der Waals surface area (Å²) in [6.07, 6.45) is 3.56. The lowest BCUT2D eigenvalue weighted by Crippen LogP contribution is -2.33. The largest absolute Gasteiger partial charge is 0.480 e. The summed E-state index contributed by atoms with van der Waals surface area (Å²) in [6, 6.07) is 3.72. The van der Waals surface area contributed by atoms with E-state index >= 15 is 0 Å². The van der Waals surface area contributed by atoms with Crippen molar-refractivity contribution in [2.24, 2.45) is 0 Å². The maximum Gasteiger partial charge on any atom is 0.323 e. The van der Waals surface area contributed by atoms with Gasteiger partial charge in [0.2, 0.25) is 0 Å². The van der Waals surface area contributed by atoms with Crippen molar-refractivity contribution in [3.8, 4) is 0 Å². The summed E-state index contributed by atoms with van der Waals surface area (Å²) in [6.45, 7) is 5.05. The molecule has 0 bridgehead atoms. The summed E-state index contributed by atoms with van der Waals surface area (Å²) in [5, 5.41) is 9.03. The second-order valence-corrected chi connectivity index (χ2v) is 5.13. The van der Waals surface area contributed by atoms with Gasteiger partial charge in [-0.25, -0.2) is 0 Å². The van der Waals surface area contributed by atoms with E-state index in [0.29, 0.717) is 18.8 Å². The molecule has 21 heavy (non-hydrogen) atoms. The number of hydrogen-bond acceptors (Lipinski definition) is 4. The summed E-state index contributed by atoms with van der Waals surface area (Å²) in [5.74, 6) is -0.983. The number of anilines is 1. The minimum Gasteiger partial charge on any atom is -0.480 e. The molecule has 0 spiro atoms. The Morgan fingerprint density at radius 1 is 1.33 bits per heavy atom. The first-order valence-electron chi connectivity index (χ1n) is 7.30. The highest BCUT2D eigenvalue weighted by atomic mass is 16.4. The smallest absolute Gasteiger partial charge is 0.323 e. The van der Waals surface area contributed by atoms with Gasteiger partial charge in [-0.3, -0.25) is 14.6 Å². The minimum atomic E-state index is -0.865. The van der Waals surface area contributed by atoms with Crippen LogP contribution in [0, 0.1) is 0 Å². The van der Waals surface area contributed by atoms with Crippen molar-refractivity contribution < 1.29 is 14.7 Å². The van der Waals surface area contributed by atoms with Crippen molar-refractivity contribution >= 4 is 17.6 Å². The third-order valence-corrected chi connectivity index (χ3v) is 3.64. The molecule has 0 saturated heterocycles. The molecule has 0 atom stereocenters. The van der Waals surface area contributed by atoms with E-state index in [0.717, 1.165) is 18.5 Å². The Morgan fingerprint density at radius 2 is 2.00 bits per heavy atom. The van der Waals surface area contributed by atoms with Crippen LogP contribution >= 0.6 is 0 Å². The fraction of sp³-hybridized carbons (Fsp3) is 0.533. The summed E-state index contributed by atoms with van der Waals surface area (Å²) >= 11 is 0. The number of carboxylic acid groups (broad SMARTS) is 1. The first-order chi connectivity index (χ1) is 10.1. The molecule has 2 rings (SSSR count). The minimum absolute atomic E-state index is 0.0480. The van der Waals surface area contributed by atoms with Gasteiger partial charge in [-0.15, -0.1) is 0 Å². The van der Waals surface area contributed by atoms with Crippen molar-refractivity contribution in [1.82, 2.24) is 9.88 Å². The summed E-state index contributed by atoms with van der Waals surface area (Å²) in [7, 11) is 0. The van der Waals surface area contributed by atoms with E-state index in [9.17, 15) is 9.59 Å². The predicted molar refractivity (Wildman–Crippen MR) is 79.5 cm³/mol. The number of hydrogen-bond donors (Lipinski definition) is 1. The Hall–Kier alpha value is -2.11. The van der Waals surface area contributed by atoms with Gasteiger partial charge in [0.05, 0.1) is 0 Å². The van der Waals surface area contributed by atoms with Crippen LogP contribution < -0.4 is 4.90 Å². The van der Waals surface area contributed by atoms with Crippen molar-refractivity contribution in [3.05, 3.63) is 24.0 Å². The van der Waals surface area contributed by atoms with Gasteiger partial charge in [0, 0.05) is 31.0 Å². The number of carbonyl (C=O) groups is 2. The average molecular weight is 291 g/mol.